The van der Waals surface area contributed by atoms with E-state index >= 15 is 0 Å². The summed E-state index contributed by atoms with van der Waals surface area (Å²) < 4.78 is 35.6. The van der Waals surface area contributed by atoms with Crippen LogP contribution in [0.2, 0.25) is 0 Å². The van der Waals surface area contributed by atoms with Crippen molar-refractivity contribution in [3.63, 3.8) is 0 Å². The highest BCUT2D eigenvalue weighted by atomic mass is 32.2. The summed E-state index contributed by atoms with van der Waals surface area (Å²) in [4.78, 5) is 11.3. The molecule has 0 aliphatic rings. The number of hydrogen-bond donors (Lipinski definition) is 2. The van der Waals surface area contributed by atoms with Gasteiger partial charge in [0.1, 0.15) is 5.82 Å². The monoisotopic (exact) mass is 288 g/mol. The summed E-state index contributed by atoms with van der Waals surface area (Å²) in [5, 5.41) is 7.37. The third-order valence-corrected chi connectivity index (χ3v) is 3.07. The predicted octanol–water partition coefficient (Wildman–Crippen LogP) is 1.85. The number of benzene rings is 1. The lowest BCUT2D eigenvalue weighted by Gasteiger charge is -2.17. The maximum Gasteiger partial charge on any atom is 0.238 e. The molecular weight excluding hydrogens is 271 g/mol. The van der Waals surface area contributed by atoms with Crippen molar-refractivity contribution in [3.8, 4) is 0 Å². The second kappa shape index (κ2) is 5.26. The fourth-order valence-corrected chi connectivity index (χ4v) is 2.05. The normalized spacial score (nSPS) is 12.3. The van der Waals surface area contributed by atoms with Crippen LogP contribution in [-0.2, 0) is 14.8 Å². The van der Waals surface area contributed by atoms with Gasteiger partial charge in [0.25, 0.3) is 0 Å². The number of rotatable bonds is 3. The fourth-order valence-electron chi connectivity index (χ4n) is 1.49. The molecule has 7 heteroatoms. The van der Waals surface area contributed by atoms with Crippen LogP contribution in [0.5, 0.6) is 0 Å². The average molecular weight is 288 g/mol. The number of nitrogens with two attached hydrogens (primary N) is 1. The lowest BCUT2D eigenvalue weighted by molar-refractivity contribution is -0.117. The minimum Gasteiger partial charge on any atom is -0.326 e. The largest absolute Gasteiger partial charge is 0.326 e. The first-order chi connectivity index (χ1) is 8.47. The van der Waals surface area contributed by atoms with Crippen LogP contribution in [0.4, 0.5) is 10.1 Å². The zero-order valence-corrected chi connectivity index (χ0v) is 11.8. The van der Waals surface area contributed by atoms with Crippen molar-refractivity contribution in [2.75, 3.05) is 5.32 Å². The van der Waals surface area contributed by atoms with Crippen molar-refractivity contribution in [2.45, 2.75) is 32.1 Å². The lowest BCUT2D eigenvalue weighted by atomic mass is 9.92. The summed E-state index contributed by atoms with van der Waals surface area (Å²) in [6.45, 7) is 5.65. The number of primary sulfonamides is 1. The standard InChI is InChI=1S/C12H17FN2O3S/c1-12(2,3)7-11(16)15-9-4-8(13)5-10(6-9)19(14,17)18/h4-6H,7H2,1-3H3,(H,15,16)(H2,14,17,18). The highest BCUT2D eigenvalue weighted by Gasteiger charge is 2.17. The molecule has 0 bridgehead atoms. The number of anilines is 1. The van der Waals surface area contributed by atoms with E-state index in [4.69, 9.17) is 5.14 Å². The summed E-state index contributed by atoms with van der Waals surface area (Å²) in [6, 6.07) is 2.96. The van der Waals surface area contributed by atoms with Crippen LogP contribution in [0.25, 0.3) is 0 Å². The highest BCUT2D eigenvalue weighted by Crippen LogP contribution is 2.21. The smallest absolute Gasteiger partial charge is 0.238 e. The van der Waals surface area contributed by atoms with Crippen LogP contribution in [0.3, 0.4) is 0 Å². The molecule has 0 saturated heterocycles. The van der Waals surface area contributed by atoms with Gasteiger partial charge in [-0.05, 0) is 23.6 Å². The maximum atomic E-state index is 13.3. The Bertz CT molecular complexity index is 591. The predicted molar refractivity (Wildman–Crippen MR) is 70.5 cm³/mol. The van der Waals surface area contributed by atoms with E-state index in [1.165, 1.54) is 0 Å². The second-order valence-electron chi connectivity index (χ2n) is 5.51. The van der Waals surface area contributed by atoms with Crippen molar-refractivity contribution in [1.29, 1.82) is 0 Å². The number of hydrogen-bond acceptors (Lipinski definition) is 3. The molecule has 1 amide bonds. The van der Waals surface area contributed by atoms with Gasteiger partial charge >= 0.3 is 0 Å². The summed E-state index contributed by atoms with van der Waals surface area (Å²) in [5.74, 6) is -1.10. The van der Waals surface area contributed by atoms with Gasteiger partial charge in [0.2, 0.25) is 15.9 Å². The summed E-state index contributed by atoms with van der Waals surface area (Å²) in [6.07, 6.45) is 0.230. The van der Waals surface area contributed by atoms with Crippen molar-refractivity contribution in [1.82, 2.24) is 0 Å². The number of nitrogens with one attached hydrogen (secondary N) is 1. The molecule has 0 fully saturated rings. The third-order valence-electron chi connectivity index (χ3n) is 2.17. The van der Waals surface area contributed by atoms with Crippen LogP contribution in [-0.4, -0.2) is 14.3 Å². The lowest BCUT2D eigenvalue weighted by Crippen LogP contribution is -2.20. The Hall–Kier alpha value is -1.47. The summed E-state index contributed by atoms with van der Waals surface area (Å²) in [7, 11) is -4.01. The third kappa shape index (κ3) is 5.35. The van der Waals surface area contributed by atoms with Crippen LogP contribution >= 0.6 is 0 Å². The second-order valence-corrected chi connectivity index (χ2v) is 7.07. The highest BCUT2D eigenvalue weighted by molar-refractivity contribution is 7.89. The minimum absolute atomic E-state index is 0.0678. The SMILES string of the molecule is CC(C)(C)CC(=O)Nc1cc(F)cc(S(N)(=O)=O)c1. The van der Waals surface area contributed by atoms with E-state index in [0.29, 0.717) is 0 Å². The Balaban J connectivity index is 2.97. The Morgan fingerprint density at radius 2 is 1.89 bits per heavy atom. The van der Waals surface area contributed by atoms with Gasteiger partial charge in [0, 0.05) is 12.1 Å². The van der Waals surface area contributed by atoms with E-state index < -0.39 is 15.8 Å². The van der Waals surface area contributed by atoms with Gasteiger partial charge in [-0.2, -0.15) is 0 Å². The molecule has 0 aromatic heterocycles. The number of carbonyl (C=O) groups excluding carboxylic acids is 1. The van der Waals surface area contributed by atoms with Crippen LogP contribution in [0.15, 0.2) is 23.1 Å². The molecular formula is C12H17FN2O3S. The zero-order chi connectivity index (χ0) is 14.8. The van der Waals surface area contributed by atoms with Crippen LogP contribution < -0.4 is 10.5 Å². The van der Waals surface area contributed by atoms with E-state index in [0.717, 1.165) is 18.2 Å². The van der Waals surface area contributed by atoms with Crippen molar-refractivity contribution >= 4 is 21.6 Å². The number of sulfonamides is 1. The molecule has 0 radical (unpaired) electrons. The van der Waals surface area contributed by atoms with Crippen molar-refractivity contribution < 1.29 is 17.6 Å². The van der Waals surface area contributed by atoms with E-state index in [1.807, 2.05) is 20.8 Å². The van der Waals surface area contributed by atoms with Crippen molar-refractivity contribution in [3.05, 3.63) is 24.0 Å². The molecule has 0 aliphatic carbocycles. The van der Waals surface area contributed by atoms with Gasteiger partial charge < -0.3 is 5.32 Å². The van der Waals surface area contributed by atoms with Gasteiger partial charge in [-0.25, -0.2) is 17.9 Å². The van der Waals surface area contributed by atoms with E-state index in [2.05, 4.69) is 5.32 Å². The molecule has 3 N–H and O–H groups in total. The first-order valence-corrected chi connectivity index (χ1v) is 7.15. The molecule has 0 atom stereocenters. The van der Waals surface area contributed by atoms with E-state index in [9.17, 15) is 17.6 Å². The Morgan fingerprint density at radius 1 is 1.32 bits per heavy atom. The zero-order valence-electron chi connectivity index (χ0n) is 11.0. The first kappa shape index (κ1) is 15.6. The summed E-state index contributed by atoms with van der Waals surface area (Å²) in [5.41, 5.74) is -0.154. The van der Waals surface area contributed by atoms with Gasteiger partial charge in [-0.3, -0.25) is 4.79 Å². The van der Waals surface area contributed by atoms with E-state index in [1.54, 1.807) is 0 Å². The Labute approximate surface area is 112 Å². The molecule has 0 unspecified atom stereocenters. The average Bonchev–Trinajstić information content (AvgIpc) is 2.11. The van der Waals surface area contributed by atoms with Gasteiger partial charge in [0.05, 0.1) is 4.90 Å². The van der Waals surface area contributed by atoms with Gasteiger partial charge in [-0.1, -0.05) is 20.8 Å². The first-order valence-electron chi connectivity index (χ1n) is 5.61. The van der Waals surface area contributed by atoms with E-state index in [-0.39, 0.29) is 28.3 Å². The van der Waals surface area contributed by atoms with Crippen LogP contribution in [0, 0.1) is 11.2 Å². The molecule has 1 aromatic carbocycles. The maximum absolute atomic E-state index is 13.3. The number of halogens is 1. The van der Waals surface area contributed by atoms with Crippen LogP contribution in [0.1, 0.15) is 27.2 Å². The van der Waals surface area contributed by atoms with Gasteiger partial charge in [-0.15, -0.1) is 0 Å². The molecule has 106 valence electrons. The summed E-state index contributed by atoms with van der Waals surface area (Å²) >= 11 is 0. The van der Waals surface area contributed by atoms with Crippen molar-refractivity contribution in [2.24, 2.45) is 10.6 Å². The molecule has 1 rings (SSSR count). The van der Waals surface area contributed by atoms with Gasteiger partial charge in [0.15, 0.2) is 0 Å². The quantitative estimate of drug-likeness (QED) is 0.889. The molecule has 0 heterocycles. The molecule has 1 aromatic rings. The topological polar surface area (TPSA) is 89.3 Å². The molecule has 19 heavy (non-hydrogen) atoms. The number of carbonyl (C=O) groups is 1. The Morgan fingerprint density at radius 3 is 2.37 bits per heavy atom. The fraction of sp³-hybridized carbons (Fsp3) is 0.417. The molecule has 0 spiro atoms. The molecule has 5 nitrogen and oxygen atoms in total. The minimum atomic E-state index is -4.01. The number of amides is 1. The Kier molecular flexibility index (Phi) is 4.32. The molecule has 0 saturated carbocycles. The molecule has 0 aliphatic heterocycles.